The zero-order chi connectivity index (χ0) is 27.2. The summed E-state index contributed by atoms with van der Waals surface area (Å²) < 4.78 is 19.9. The third-order valence-corrected chi connectivity index (χ3v) is 13.0. The van der Waals surface area contributed by atoms with Gasteiger partial charge in [0.1, 0.15) is 11.2 Å². The molecule has 0 aromatic rings. The Balaban J connectivity index is 2.45. The van der Waals surface area contributed by atoms with E-state index in [9.17, 15) is 10.2 Å². The smallest absolute Gasteiger partial charge is 0.118 e. The van der Waals surface area contributed by atoms with E-state index in [-0.39, 0.29) is 28.5 Å². The lowest BCUT2D eigenvalue weighted by Gasteiger charge is -2.70. The van der Waals surface area contributed by atoms with E-state index >= 15 is 0 Å². The van der Waals surface area contributed by atoms with E-state index in [0.29, 0.717) is 13.2 Å². The van der Waals surface area contributed by atoms with Crippen LogP contribution >= 0.6 is 0 Å². The molecule has 5 heteroatoms. The third-order valence-electron chi connectivity index (χ3n) is 13.0. The maximum Gasteiger partial charge on any atom is 0.118 e. The highest BCUT2D eigenvalue weighted by molar-refractivity contribution is 5.19. The van der Waals surface area contributed by atoms with E-state index in [2.05, 4.69) is 83.1 Å². The molecule has 0 aromatic carbocycles. The van der Waals surface area contributed by atoms with E-state index in [1.54, 1.807) is 13.8 Å². The van der Waals surface area contributed by atoms with Gasteiger partial charge in [0.2, 0.25) is 0 Å². The summed E-state index contributed by atoms with van der Waals surface area (Å²) in [6.07, 6.45) is 0. The topological polar surface area (TPSA) is 68.2 Å². The van der Waals surface area contributed by atoms with Gasteiger partial charge < -0.3 is 24.4 Å². The first kappa shape index (κ1) is 30.0. The Morgan fingerprint density at radius 1 is 0.529 bits per heavy atom. The summed E-state index contributed by atoms with van der Waals surface area (Å²) in [5, 5.41) is 22.2. The van der Waals surface area contributed by atoms with Gasteiger partial charge >= 0.3 is 0 Å². The van der Waals surface area contributed by atoms with Crippen molar-refractivity contribution < 1.29 is 24.4 Å². The molecule has 34 heavy (non-hydrogen) atoms. The van der Waals surface area contributed by atoms with Crippen LogP contribution in [0.5, 0.6) is 0 Å². The molecule has 2 heterocycles. The van der Waals surface area contributed by atoms with E-state index in [4.69, 9.17) is 14.2 Å². The fourth-order valence-corrected chi connectivity index (χ4v) is 6.83. The molecule has 0 aromatic heterocycles. The van der Waals surface area contributed by atoms with Gasteiger partial charge in [0.05, 0.1) is 36.6 Å². The van der Waals surface area contributed by atoms with Gasteiger partial charge in [0.25, 0.3) is 0 Å². The molecule has 0 bridgehead atoms. The summed E-state index contributed by atoms with van der Waals surface area (Å²) in [5.74, 6) is 0. The molecule has 4 unspecified atom stereocenters. The first-order valence-corrected chi connectivity index (χ1v) is 13.0. The first-order valence-electron chi connectivity index (χ1n) is 13.0. The number of hydrogen-bond donors (Lipinski definition) is 2. The summed E-state index contributed by atoms with van der Waals surface area (Å²) >= 11 is 0. The molecular weight excluding hydrogens is 428 g/mol. The lowest BCUT2D eigenvalue weighted by atomic mass is 9.44. The second kappa shape index (κ2) is 7.66. The molecule has 0 spiro atoms. The molecule has 0 saturated carbocycles. The molecule has 2 saturated heterocycles. The zero-order valence-electron chi connectivity index (χ0n) is 25.2. The van der Waals surface area contributed by atoms with Crippen LogP contribution in [0.25, 0.3) is 0 Å². The second-order valence-corrected chi connectivity index (χ2v) is 15.2. The number of aliphatic hydroxyl groups is 2. The average Bonchev–Trinajstić information content (AvgIpc) is 2.64. The van der Waals surface area contributed by atoms with Gasteiger partial charge in [0, 0.05) is 16.2 Å². The van der Waals surface area contributed by atoms with Gasteiger partial charge in [0.15, 0.2) is 0 Å². The summed E-state index contributed by atoms with van der Waals surface area (Å²) in [7, 11) is 0. The van der Waals surface area contributed by atoms with Crippen molar-refractivity contribution in [2.75, 3.05) is 19.8 Å². The lowest BCUT2D eigenvalue weighted by molar-refractivity contribution is -0.377. The second-order valence-electron chi connectivity index (χ2n) is 15.2. The summed E-state index contributed by atoms with van der Waals surface area (Å²) in [6, 6.07) is 0. The lowest BCUT2D eigenvalue weighted by Crippen LogP contribution is -2.78. The van der Waals surface area contributed by atoms with Crippen LogP contribution in [0.3, 0.4) is 0 Å². The van der Waals surface area contributed by atoms with Crippen LogP contribution < -0.4 is 0 Å². The van der Waals surface area contributed by atoms with Gasteiger partial charge in [-0.2, -0.15) is 0 Å². The van der Waals surface area contributed by atoms with Gasteiger partial charge in [-0.15, -0.1) is 0 Å². The van der Waals surface area contributed by atoms with Crippen LogP contribution in [0.4, 0.5) is 0 Å². The van der Waals surface area contributed by atoms with Crippen LogP contribution in [0, 0.1) is 27.1 Å². The first-order chi connectivity index (χ1) is 14.7. The molecule has 0 aliphatic carbocycles. The predicted molar refractivity (Wildman–Crippen MR) is 139 cm³/mol. The van der Waals surface area contributed by atoms with Gasteiger partial charge in [-0.3, -0.25) is 0 Å². The molecule has 2 aliphatic rings. The van der Waals surface area contributed by atoms with Gasteiger partial charge in [-0.1, -0.05) is 62.3 Å². The summed E-state index contributed by atoms with van der Waals surface area (Å²) in [5.41, 5.74) is -5.39. The molecule has 5 nitrogen and oxygen atoms in total. The number of rotatable bonds is 5. The Morgan fingerprint density at radius 2 is 0.941 bits per heavy atom. The van der Waals surface area contributed by atoms with E-state index in [1.165, 1.54) is 0 Å². The molecule has 2 N–H and O–H groups in total. The summed E-state index contributed by atoms with van der Waals surface area (Å²) in [6.45, 7) is 34.8. The van der Waals surface area contributed by atoms with Crippen molar-refractivity contribution in [3.63, 3.8) is 0 Å². The molecule has 202 valence electrons. The molecule has 2 rings (SSSR count). The fraction of sp³-hybridized carbons (Fsp3) is 1.00. The molecule has 2 aliphatic heterocycles. The SMILES string of the molecule is CC1(C)OC(C)(COCC2(C)C(C)(C)C(C)(C)OC(C)(CO)C2(C)O)C(C)(C)C(C)(C)C1(C)C. The number of aliphatic hydroxyl groups excluding tert-OH is 1. The average molecular weight is 485 g/mol. The Bertz CT molecular complexity index is 790. The van der Waals surface area contributed by atoms with Crippen molar-refractivity contribution >= 4 is 0 Å². The van der Waals surface area contributed by atoms with Crippen molar-refractivity contribution in [1.82, 2.24) is 0 Å². The van der Waals surface area contributed by atoms with Crippen LogP contribution in [0.2, 0.25) is 0 Å². The van der Waals surface area contributed by atoms with Crippen LogP contribution in [0.1, 0.15) is 111 Å². The van der Waals surface area contributed by atoms with E-state index in [1.807, 2.05) is 13.8 Å². The Kier molecular flexibility index (Phi) is 6.77. The largest absolute Gasteiger partial charge is 0.393 e. The quantitative estimate of drug-likeness (QED) is 0.501. The normalized spacial score (nSPS) is 43.9. The van der Waals surface area contributed by atoms with Crippen molar-refractivity contribution in [2.24, 2.45) is 27.1 Å². The summed E-state index contributed by atoms with van der Waals surface area (Å²) in [4.78, 5) is 0. The molecular formula is C29H56O5. The van der Waals surface area contributed by atoms with Gasteiger partial charge in [-0.05, 0) is 59.3 Å². The van der Waals surface area contributed by atoms with Crippen LogP contribution in [-0.4, -0.2) is 58.0 Å². The van der Waals surface area contributed by atoms with Crippen LogP contribution in [-0.2, 0) is 14.2 Å². The highest BCUT2D eigenvalue weighted by Crippen LogP contribution is 2.67. The Labute approximate surface area is 210 Å². The standard InChI is InChI=1S/C29H56O5/c1-20(2)21(3,4)24(9,10)34-28(15,22(20,5)6)19-32-18-26(13)23(7,8)25(11,12)33-27(14,17-30)29(26,16)31/h30-31H,17-19H2,1-16H3. The molecule has 0 radical (unpaired) electrons. The molecule has 0 amide bonds. The Morgan fingerprint density at radius 3 is 1.38 bits per heavy atom. The van der Waals surface area contributed by atoms with Crippen molar-refractivity contribution in [2.45, 2.75) is 139 Å². The zero-order valence-corrected chi connectivity index (χ0v) is 25.2. The van der Waals surface area contributed by atoms with Crippen LogP contribution in [0.15, 0.2) is 0 Å². The number of ether oxygens (including phenoxy) is 3. The van der Waals surface area contributed by atoms with Crippen molar-refractivity contribution in [3.05, 3.63) is 0 Å². The van der Waals surface area contributed by atoms with E-state index < -0.39 is 33.2 Å². The predicted octanol–water partition coefficient (Wildman–Crippen LogP) is 5.99. The van der Waals surface area contributed by atoms with Crippen molar-refractivity contribution in [3.8, 4) is 0 Å². The maximum atomic E-state index is 11.9. The molecule has 2 fully saturated rings. The third kappa shape index (κ3) is 3.36. The van der Waals surface area contributed by atoms with E-state index in [0.717, 1.165) is 0 Å². The molecule has 4 atom stereocenters. The minimum Gasteiger partial charge on any atom is -0.393 e. The minimum absolute atomic E-state index is 0.0370. The minimum atomic E-state index is -1.34. The highest BCUT2D eigenvalue weighted by atomic mass is 16.6. The number of hydrogen-bond acceptors (Lipinski definition) is 5. The monoisotopic (exact) mass is 484 g/mol. The van der Waals surface area contributed by atoms with Crippen molar-refractivity contribution in [1.29, 1.82) is 0 Å². The van der Waals surface area contributed by atoms with Gasteiger partial charge in [-0.25, -0.2) is 0 Å². The maximum absolute atomic E-state index is 11.9. The fourth-order valence-electron chi connectivity index (χ4n) is 6.83. The Hall–Kier alpha value is -0.200. The highest BCUT2D eigenvalue weighted by Gasteiger charge is 2.71.